The van der Waals surface area contributed by atoms with E-state index < -0.39 is 23.8 Å². The molecule has 1 N–H and O–H groups in total. The number of aromatic nitrogens is 2. The van der Waals surface area contributed by atoms with E-state index in [0.717, 1.165) is 4.90 Å². The van der Waals surface area contributed by atoms with Crippen molar-refractivity contribution in [2.24, 2.45) is 7.05 Å². The zero-order valence-electron chi connectivity index (χ0n) is 9.16. The Kier molecular flexibility index (Phi) is 2.66. The van der Waals surface area contributed by atoms with E-state index in [0.29, 0.717) is 5.56 Å². The van der Waals surface area contributed by atoms with Gasteiger partial charge in [0.2, 0.25) is 11.8 Å². The monoisotopic (exact) mass is 237 g/mol. The number of rotatable bonds is 3. The standard InChI is InChI=1S/C10H11N3O4/c1-12-5-6(4-11-12)9(10(16)17)13-7(14)2-3-8(13)15/h4-5,9H,2-3H2,1H3,(H,16,17). The van der Waals surface area contributed by atoms with Gasteiger partial charge in [-0.25, -0.2) is 4.79 Å². The van der Waals surface area contributed by atoms with Gasteiger partial charge >= 0.3 is 5.97 Å². The molecule has 1 saturated heterocycles. The number of carboxylic acids is 1. The number of aliphatic carboxylic acids is 1. The minimum atomic E-state index is -1.27. The van der Waals surface area contributed by atoms with Crippen LogP contribution in [0.25, 0.3) is 0 Å². The second-order valence-electron chi connectivity index (χ2n) is 3.85. The van der Waals surface area contributed by atoms with Gasteiger partial charge in [-0.1, -0.05) is 0 Å². The van der Waals surface area contributed by atoms with Crippen LogP contribution in [0, 0.1) is 0 Å². The Labute approximate surface area is 96.6 Å². The van der Waals surface area contributed by atoms with Gasteiger partial charge < -0.3 is 5.11 Å². The Bertz CT molecular complexity index is 477. The van der Waals surface area contributed by atoms with Gasteiger partial charge in [0.1, 0.15) is 0 Å². The summed E-state index contributed by atoms with van der Waals surface area (Å²) < 4.78 is 1.43. The molecule has 2 rings (SSSR count). The highest BCUT2D eigenvalue weighted by molar-refractivity contribution is 6.05. The molecule has 1 aliphatic heterocycles. The molecule has 2 amide bonds. The van der Waals surface area contributed by atoms with Crippen LogP contribution in [0.4, 0.5) is 0 Å². The number of aryl methyl sites for hydroxylation is 1. The second kappa shape index (κ2) is 4.00. The zero-order valence-corrected chi connectivity index (χ0v) is 9.16. The topological polar surface area (TPSA) is 92.5 Å². The average molecular weight is 237 g/mol. The molecular formula is C10H11N3O4. The van der Waals surface area contributed by atoms with Gasteiger partial charge in [0.05, 0.1) is 6.20 Å². The van der Waals surface area contributed by atoms with E-state index in [1.165, 1.54) is 17.1 Å². The molecule has 1 aromatic heterocycles. The number of carbonyl (C=O) groups is 3. The van der Waals surface area contributed by atoms with Crippen molar-refractivity contribution in [3.8, 4) is 0 Å². The van der Waals surface area contributed by atoms with Crippen LogP contribution < -0.4 is 0 Å². The Morgan fingerprint density at radius 2 is 2.00 bits per heavy atom. The molecule has 0 aliphatic carbocycles. The number of carbonyl (C=O) groups excluding carboxylic acids is 2. The Morgan fingerprint density at radius 3 is 2.41 bits per heavy atom. The van der Waals surface area contributed by atoms with Crippen LogP contribution in [0.15, 0.2) is 12.4 Å². The third-order valence-electron chi connectivity index (χ3n) is 2.62. The van der Waals surface area contributed by atoms with E-state index in [1.807, 2.05) is 0 Å². The van der Waals surface area contributed by atoms with Crippen LogP contribution in [0.5, 0.6) is 0 Å². The van der Waals surface area contributed by atoms with Gasteiger partial charge in [-0.3, -0.25) is 19.2 Å². The van der Waals surface area contributed by atoms with Crippen molar-refractivity contribution in [2.45, 2.75) is 18.9 Å². The first-order valence-corrected chi connectivity index (χ1v) is 5.07. The Balaban J connectivity index is 2.39. The molecule has 17 heavy (non-hydrogen) atoms. The first-order valence-electron chi connectivity index (χ1n) is 5.07. The molecule has 2 heterocycles. The van der Waals surface area contributed by atoms with Crippen molar-refractivity contribution in [1.29, 1.82) is 0 Å². The quantitative estimate of drug-likeness (QED) is 0.728. The predicted octanol–water partition coefficient (Wildman–Crippen LogP) is -0.305. The lowest BCUT2D eigenvalue weighted by atomic mass is 10.1. The summed E-state index contributed by atoms with van der Waals surface area (Å²) >= 11 is 0. The number of nitrogens with zero attached hydrogens (tertiary/aromatic N) is 3. The summed E-state index contributed by atoms with van der Waals surface area (Å²) in [6.45, 7) is 0. The minimum absolute atomic E-state index is 0.0723. The first kappa shape index (κ1) is 11.3. The third kappa shape index (κ3) is 1.91. The summed E-state index contributed by atoms with van der Waals surface area (Å²) in [7, 11) is 1.63. The molecule has 0 saturated carbocycles. The van der Waals surface area contributed by atoms with E-state index >= 15 is 0 Å². The molecule has 7 nitrogen and oxygen atoms in total. The number of imide groups is 1. The van der Waals surface area contributed by atoms with Crippen LogP contribution in [0.1, 0.15) is 24.4 Å². The lowest BCUT2D eigenvalue weighted by Crippen LogP contribution is -2.37. The number of likely N-dealkylation sites (tertiary alicyclic amines) is 1. The maximum absolute atomic E-state index is 11.5. The fraction of sp³-hybridized carbons (Fsp3) is 0.400. The summed E-state index contributed by atoms with van der Waals surface area (Å²) in [5.41, 5.74) is 0.323. The number of carboxylic acid groups (broad SMARTS) is 1. The third-order valence-corrected chi connectivity index (χ3v) is 2.62. The normalized spacial score (nSPS) is 17.6. The maximum Gasteiger partial charge on any atom is 0.331 e. The van der Waals surface area contributed by atoms with Crippen LogP contribution in [0.2, 0.25) is 0 Å². The van der Waals surface area contributed by atoms with E-state index in [2.05, 4.69) is 5.10 Å². The summed E-state index contributed by atoms with van der Waals surface area (Å²) in [6.07, 6.45) is 2.97. The van der Waals surface area contributed by atoms with Gasteiger partial charge in [0.15, 0.2) is 6.04 Å². The molecule has 0 aromatic carbocycles. The van der Waals surface area contributed by atoms with Gasteiger partial charge in [0, 0.05) is 31.6 Å². The van der Waals surface area contributed by atoms with Crippen molar-refractivity contribution < 1.29 is 19.5 Å². The number of amides is 2. The van der Waals surface area contributed by atoms with Crippen LogP contribution in [-0.2, 0) is 21.4 Å². The molecule has 0 bridgehead atoms. The van der Waals surface area contributed by atoms with Gasteiger partial charge in [0.25, 0.3) is 0 Å². The average Bonchev–Trinajstić information content (AvgIpc) is 2.79. The second-order valence-corrected chi connectivity index (χ2v) is 3.85. The summed E-state index contributed by atoms with van der Waals surface area (Å²) in [5.74, 6) is -2.14. The summed E-state index contributed by atoms with van der Waals surface area (Å²) in [5, 5.41) is 13.0. The molecule has 1 aliphatic rings. The number of hydrogen-bond acceptors (Lipinski definition) is 4. The van der Waals surface area contributed by atoms with Crippen molar-refractivity contribution in [1.82, 2.24) is 14.7 Å². The molecule has 0 spiro atoms. The fourth-order valence-corrected chi connectivity index (χ4v) is 1.87. The van der Waals surface area contributed by atoms with Crippen LogP contribution in [0.3, 0.4) is 0 Å². The summed E-state index contributed by atoms with van der Waals surface area (Å²) in [6, 6.07) is -1.27. The van der Waals surface area contributed by atoms with Crippen molar-refractivity contribution in [2.75, 3.05) is 0 Å². The van der Waals surface area contributed by atoms with Gasteiger partial charge in [-0.15, -0.1) is 0 Å². The SMILES string of the molecule is Cn1cc(C(C(=O)O)N2C(=O)CCC2=O)cn1. The first-order chi connectivity index (χ1) is 8.00. The minimum Gasteiger partial charge on any atom is -0.479 e. The molecule has 0 radical (unpaired) electrons. The molecule has 1 aromatic rings. The van der Waals surface area contributed by atoms with Crippen LogP contribution in [-0.4, -0.2) is 37.6 Å². The van der Waals surface area contributed by atoms with Crippen LogP contribution >= 0.6 is 0 Å². The molecular weight excluding hydrogens is 226 g/mol. The van der Waals surface area contributed by atoms with E-state index in [9.17, 15) is 14.4 Å². The highest BCUT2D eigenvalue weighted by Gasteiger charge is 2.40. The highest BCUT2D eigenvalue weighted by Crippen LogP contribution is 2.26. The lowest BCUT2D eigenvalue weighted by Gasteiger charge is -2.21. The van der Waals surface area contributed by atoms with E-state index in [-0.39, 0.29) is 12.8 Å². The molecule has 1 fully saturated rings. The van der Waals surface area contributed by atoms with E-state index in [4.69, 9.17) is 5.11 Å². The Morgan fingerprint density at radius 1 is 1.41 bits per heavy atom. The summed E-state index contributed by atoms with van der Waals surface area (Å²) in [4.78, 5) is 35.1. The molecule has 90 valence electrons. The van der Waals surface area contributed by atoms with Crippen molar-refractivity contribution in [3.63, 3.8) is 0 Å². The van der Waals surface area contributed by atoms with Crippen molar-refractivity contribution >= 4 is 17.8 Å². The maximum atomic E-state index is 11.5. The molecule has 7 heteroatoms. The fourth-order valence-electron chi connectivity index (χ4n) is 1.87. The lowest BCUT2D eigenvalue weighted by molar-refractivity contribution is -0.154. The smallest absolute Gasteiger partial charge is 0.331 e. The van der Waals surface area contributed by atoms with Gasteiger partial charge in [-0.05, 0) is 0 Å². The predicted molar refractivity (Wildman–Crippen MR) is 54.7 cm³/mol. The highest BCUT2D eigenvalue weighted by atomic mass is 16.4. The van der Waals surface area contributed by atoms with Crippen molar-refractivity contribution in [3.05, 3.63) is 18.0 Å². The molecule has 1 unspecified atom stereocenters. The molecule has 1 atom stereocenters. The zero-order chi connectivity index (χ0) is 12.6. The largest absolute Gasteiger partial charge is 0.479 e. The van der Waals surface area contributed by atoms with E-state index in [1.54, 1.807) is 7.05 Å². The van der Waals surface area contributed by atoms with Gasteiger partial charge in [-0.2, -0.15) is 5.10 Å². The number of hydrogen-bond donors (Lipinski definition) is 1. The Hall–Kier alpha value is -2.18.